The summed E-state index contributed by atoms with van der Waals surface area (Å²) in [6.45, 7) is 1.98. The average molecular weight is 455 g/mol. The van der Waals surface area contributed by atoms with Crippen molar-refractivity contribution in [2.75, 3.05) is 20.1 Å². The molecule has 8 nitrogen and oxygen atoms in total. The Morgan fingerprint density at radius 2 is 1.52 bits per heavy atom. The summed E-state index contributed by atoms with van der Waals surface area (Å²) in [6.07, 6.45) is 7.35. The number of ether oxygens (including phenoxy) is 1. The third-order valence-corrected chi connectivity index (χ3v) is 6.89. The van der Waals surface area contributed by atoms with Gasteiger partial charge in [-0.05, 0) is 38.3 Å². The van der Waals surface area contributed by atoms with E-state index in [1.807, 2.05) is 30.3 Å². The van der Waals surface area contributed by atoms with Gasteiger partial charge in [0.05, 0.1) is 0 Å². The number of carbonyl (C=O) groups is 1. The van der Waals surface area contributed by atoms with E-state index in [2.05, 4.69) is 11.9 Å². The third-order valence-electron chi connectivity index (χ3n) is 6.89. The van der Waals surface area contributed by atoms with E-state index >= 15 is 0 Å². The van der Waals surface area contributed by atoms with E-state index in [9.17, 15) is 9.90 Å². The molecule has 2 aliphatic carbocycles. The van der Waals surface area contributed by atoms with Gasteiger partial charge in [0.25, 0.3) is 0 Å². The lowest BCUT2D eigenvalue weighted by Crippen LogP contribution is -2.54. The molecule has 1 aromatic carbocycles. The van der Waals surface area contributed by atoms with Crippen LogP contribution in [-0.2, 0) is 19.7 Å². The monoisotopic (exact) mass is 455 g/mol. The van der Waals surface area contributed by atoms with Gasteiger partial charge in [-0.25, -0.2) is 9.36 Å². The molecule has 2 unspecified atom stereocenters. The highest BCUT2D eigenvalue weighted by Gasteiger charge is 2.50. The number of phosphoric acid groups is 1. The second-order valence-electron chi connectivity index (χ2n) is 9.17. The minimum absolute atomic E-state index is 0.0379. The van der Waals surface area contributed by atoms with E-state index in [1.165, 1.54) is 6.42 Å². The molecule has 0 amide bonds. The molecule has 174 valence electrons. The first-order valence-electron chi connectivity index (χ1n) is 11.0. The first-order valence-corrected chi connectivity index (χ1v) is 12.6. The van der Waals surface area contributed by atoms with Gasteiger partial charge in [-0.3, -0.25) is 0 Å². The van der Waals surface area contributed by atoms with Crippen molar-refractivity contribution in [1.29, 1.82) is 0 Å². The molecule has 0 spiro atoms. The van der Waals surface area contributed by atoms with Crippen LogP contribution in [0.25, 0.3) is 0 Å². The molecule has 0 radical (unpaired) electrons. The van der Waals surface area contributed by atoms with E-state index < -0.39 is 19.4 Å². The molecule has 31 heavy (non-hydrogen) atoms. The highest BCUT2D eigenvalue weighted by Crippen LogP contribution is 2.43. The van der Waals surface area contributed by atoms with Gasteiger partial charge < -0.3 is 29.4 Å². The van der Waals surface area contributed by atoms with Gasteiger partial charge in [-0.15, -0.1) is 0 Å². The largest absolute Gasteiger partial charge is 0.466 e. The Morgan fingerprint density at radius 3 is 2.03 bits per heavy atom. The minimum Gasteiger partial charge on any atom is -0.459 e. The van der Waals surface area contributed by atoms with Crippen LogP contribution in [0.15, 0.2) is 30.3 Å². The van der Waals surface area contributed by atoms with Crippen LogP contribution < -0.4 is 0 Å². The molecule has 1 heterocycles. The van der Waals surface area contributed by atoms with Crippen molar-refractivity contribution < 1.29 is 33.9 Å². The Hall–Kier alpha value is -1.28. The van der Waals surface area contributed by atoms with E-state index in [0.717, 1.165) is 51.6 Å². The summed E-state index contributed by atoms with van der Waals surface area (Å²) in [7, 11) is -2.48. The van der Waals surface area contributed by atoms with Crippen LogP contribution in [-0.4, -0.2) is 56.9 Å². The normalized spacial score (nSPS) is 28.9. The third kappa shape index (κ3) is 6.15. The molecule has 9 heteroatoms. The highest BCUT2D eigenvalue weighted by atomic mass is 31.2. The molecular formula is C22H34NO7P. The number of benzene rings is 1. The lowest BCUT2D eigenvalue weighted by Gasteiger charge is -2.46. The predicted octanol–water partition coefficient (Wildman–Crippen LogP) is 2.41. The molecular weight excluding hydrogens is 421 g/mol. The van der Waals surface area contributed by atoms with Crippen LogP contribution in [0.5, 0.6) is 0 Å². The predicted molar refractivity (Wildman–Crippen MR) is 115 cm³/mol. The number of hydrogen-bond donors (Lipinski definition) is 4. The highest BCUT2D eigenvalue weighted by molar-refractivity contribution is 7.45. The van der Waals surface area contributed by atoms with Crippen molar-refractivity contribution in [3.05, 3.63) is 35.9 Å². The Labute approximate surface area is 183 Å². The maximum Gasteiger partial charge on any atom is 0.466 e. The van der Waals surface area contributed by atoms with Gasteiger partial charge in [0.1, 0.15) is 6.10 Å². The fourth-order valence-electron chi connectivity index (χ4n) is 5.58. The van der Waals surface area contributed by atoms with Crippen molar-refractivity contribution in [2.45, 2.75) is 56.7 Å². The van der Waals surface area contributed by atoms with Crippen LogP contribution in [0.2, 0.25) is 0 Å². The molecule has 2 saturated carbocycles. The number of likely N-dealkylation sites (tertiary alicyclic amines) is 1. The summed E-state index contributed by atoms with van der Waals surface area (Å²) >= 11 is 0. The summed E-state index contributed by atoms with van der Waals surface area (Å²) in [5, 5.41) is 11.6. The quantitative estimate of drug-likeness (QED) is 0.403. The van der Waals surface area contributed by atoms with E-state index in [-0.39, 0.29) is 12.0 Å². The van der Waals surface area contributed by atoms with E-state index in [4.69, 9.17) is 24.0 Å². The van der Waals surface area contributed by atoms with Crippen LogP contribution in [0.3, 0.4) is 0 Å². The van der Waals surface area contributed by atoms with E-state index in [0.29, 0.717) is 17.4 Å². The Morgan fingerprint density at radius 1 is 1.00 bits per heavy atom. The van der Waals surface area contributed by atoms with Crippen LogP contribution >= 0.6 is 7.82 Å². The Bertz CT molecular complexity index is 757. The number of aliphatic hydroxyl groups is 1. The number of nitrogens with zero attached hydrogens (tertiary/aromatic N) is 1. The zero-order chi connectivity index (χ0) is 22.6. The molecule has 4 rings (SSSR count). The maximum atomic E-state index is 13.3. The fourth-order valence-corrected chi connectivity index (χ4v) is 5.58. The number of carbonyl (C=O) groups excluding carboxylic acids is 1. The van der Waals surface area contributed by atoms with Gasteiger partial charge in [-0.1, -0.05) is 49.6 Å². The molecule has 1 aromatic rings. The van der Waals surface area contributed by atoms with Gasteiger partial charge in [0.2, 0.25) is 0 Å². The minimum atomic E-state index is -4.64. The summed E-state index contributed by atoms with van der Waals surface area (Å²) in [5.74, 6) is 0.352. The van der Waals surface area contributed by atoms with Crippen molar-refractivity contribution in [3.63, 3.8) is 0 Å². The van der Waals surface area contributed by atoms with Crippen LogP contribution in [0.4, 0.5) is 0 Å². The van der Waals surface area contributed by atoms with Crippen LogP contribution in [0, 0.1) is 17.8 Å². The molecule has 1 saturated heterocycles. The van der Waals surface area contributed by atoms with Gasteiger partial charge in [0.15, 0.2) is 5.60 Å². The Kier molecular flexibility index (Phi) is 7.95. The summed E-state index contributed by atoms with van der Waals surface area (Å²) < 4.78 is 15.0. The van der Waals surface area contributed by atoms with Gasteiger partial charge >= 0.3 is 13.8 Å². The van der Waals surface area contributed by atoms with Crippen molar-refractivity contribution in [2.24, 2.45) is 17.8 Å². The smallest absolute Gasteiger partial charge is 0.459 e. The Balaban J connectivity index is 0.000000491. The number of esters is 1. The molecule has 3 fully saturated rings. The summed E-state index contributed by atoms with van der Waals surface area (Å²) in [6, 6.07) is 9.45. The summed E-state index contributed by atoms with van der Waals surface area (Å²) in [4.78, 5) is 37.3. The summed E-state index contributed by atoms with van der Waals surface area (Å²) in [5.41, 5.74) is -0.815. The fraction of sp³-hybridized carbons (Fsp3) is 0.682. The zero-order valence-corrected chi connectivity index (χ0v) is 18.9. The second kappa shape index (κ2) is 10.1. The van der Waals surface area contributed by atoms with E-state index in [1.54, 1.807) is 0 Å². The first-order chi connectivity index (χ1) is 14.6. The molecule has 3 atom stereocenters. The lowest BCUT2D eigenvalue weighted by atomic mass is 9.75. The standard InChI is InChI=1S/C22H31NO3.H3O4P/c1-23-14-16-8-7-9-17(15-23)20(16)26-21(24)22(25,19-12-5-6-13-19)18-10-3-2-4-11-18;1-5(2,3)4/h2-4,10-11,16-17,19-20,25H,5-9,12-15H2,1H3;(H3,1,2,3,4)/t16?,17?,20?,22-;/m0./s1. The average Bonchev–Trinajstić information content (AvgIpc) is 3.22. The van der Waals surface area contributed by atoms with Crippen molar-refractivity contribution in [3.8, 4) is 0 Å². The van der Waals surface area contributed by atoms with Crippen molar-refractivity contribution in [1.82, 2.24) is 4.90 Å². The number of piperidine rings is 1. The van der Waals surface area contributed by atoms with Crippen LogP contribution in [0.1, 0.15) is 50.5 Å². The molecule has 1 aliphatic heterocycles. The molecule has 3 aliphatic rings. The van der Waals surface area contributed by atoms with Gasteiger partial charge in [-0.2, -0.15) is 0 Å². The number of fused-ring (bicyclic) bond motifs is 2. The van der Waals surface area contributed by atoms with Crippen molar-refractivity contribution >= 4 is 13.8 Å². The topological polar surface area (TPSA) is 128 Å². The number of rotatable bonds is 4. The molecule has 4 N–H and O–H groups in total. The number of hydrogen-bond acceptors (Lipinski definition) is 5. The SMILES string of the molecule is CN1CC2CCCC(C1)C2OC(=O)[C@](O)(c1ccccc1)C1CCCC1.O=P(O)(O)O. The zero-order valence-electron chi connectivity index (χ0n) is 18.0. The first kappa shape index (κ1) is 24.4. The molecule has 2 bridgehead atoms. The van der Waals surface area contributed by atoms with Gasteiger partial charge in [0, 0.05) is 30.8 Å². The lowest BCUT2D eigenvalue weighted by molar-refractivity contribution is -0.191. The second-order valence-corrected chi connectivity index (χ2v) is 10.2. The molecule has 0 aromatic heterocycles. The maximum absolute atomic E-state index is 13.3.